The van der Waals surface area contributed by atoms with Gasteiger partial charge in [0.05, 0.1) is 0 Å². The molecule has 6 nitrogen and oxygen atoms in total. The Labute approximate surface area is 112 Å². The minimum Gasteiger partial charge on any atom is -0.365 e. The Kier molecular flexibility index (Phi) is 4.21. The van der Waals surface area contributed by atoms with Crippen molar-refractivity contribution in [3.63, 3.8) is 0 Å². The first-order chi connectivity index (χ1) is 8.69. The number of nitrogens with one attached hydrogen (secondary N) is 2. The molecule has 96 valence electrons. The molecule has 2 rings (SSSR count). The molecule has 0 unspecified atom stereocenters. The molecule has 0 saturated heterocycles. The molecular formula is C10H13N5OS2. The molecule has 0 aliphatic carbocycles. The Hall–Kier alpha value is -1.54. The summed E-state index contributed by atoms with van der Waals surface area (Å²) in [5, 5.41) is 18.0. The van der Waals surface area contributed by atoms with E-state index in [-0.39, 0.29) is 5.91 Å². The largest absolute Gasteiger partial charge is 0.365 e. The number of carbonyl (C=O) groups excluding carboxylic acids is 1. The summed E-state index contributed by atoms with van der Waals surface area (Å²) in [5.41, 5.74) is 0.442. The van der Waals surface area contributed by atoms with E-state index in [1.807, 2.05) is 6.92 Å². The lowest BCUT2D eigenvalue weighted by molar-refractivity contribution is 0.0950. The second-order valence-electron chi connectivity index (χ2n) is 3.51. The molecule has 1 amide bonds. The van der Waals surface area contributed by atoms with Crippen molar-refractivity contribution >= 4 is 33.7 Å². The van der Waals surface area contributed by atoms with E-state index in [1.54, 1.807) is 23.8 Å². The highest BCUT2D eigenvalue weighted by Gasteiger charge is 2.10. The molecule has 2 N–H and O–H groups in total. The van der Waals surface area contributed by atoms with Gasteiger partial charge in [0.1, 0.15) is 15.7 Å². The van der Waals surface area contributed by atoms with E-state index in [0.29, 0.717) is 18.7 Å². The average molecular weight is 283 g/mol. The van der Waals surface area contributed by atoms with Gasteiger partial charge in [0.2, 0.25) is 0 Å². The predicted octanol–water partition coefficient (Wildman–Crippen LogP) is 1.32. The number of amides is 1. The molecule has 0 aromatic carbocycles. The average Bonchev–Trinajstić information content (AvgIpc) is 2.98. The van der Waals surface area contributed by atoms with Gasteiger partial charge in [-0.05, 0) is 6.92 Å². The fourth-order valence-electron chi connectivity index (χ4n) is 1.30. The van der Waals surface area contributed by atoms with Gasteiger partial charge in [-0.25, -0.2) is 4.98 Å². The molecule has 18 heavy (non-hydrogen) atoms. The van der Waals surface area contributed by atoms with Gasteiger partial charge >= 0.3 is 0 Å². The molecule has 2 heterocycles. The Bertz CT molecular complexity index is 536. The molecule has 0 bridgehead atoms. The molecule has 0 fully saturated rings. The first-order valence-electron chi connectivity index (χ1n) is 5.39. The molecule has 8 heteroatoms. The maximum absolute atomic E-state index is 11.7. The normalized spacial score (nSPS) is 10.3. The minimum atomic E-state index is -0.158. The summed E-state index contributed by atoms with van der Waals surface area (Å²) in [6.45, 7) is 2.45. The molecule has 2 aromatic rings. The lowest BCUT2D eigenvalue weighted by Gasteiger charge is -2.00. The molecule has 2 aromatic heterocycles. The maximum Gasteiger partial charge on any atom is 0.270 e. The summed E-state index contributed by atoms with van der Waals surface area (Å²) < 4.78 is 0. The van der Waals surface area contributed by atoms with Crippen LogP contribution in [-0.4, -0.2) is 34.7 Å². The van der Waals surface area contributed by atoms with Crippen molar-refractivity contribution in [2.75, 3.05) is 18.9 Å². The van der Waals surface area contributed by atoms with Crippen LogP contribution in [-0.2, 0) is 6.42 Å². The van der Waals surface area contributed by atoms with Gasteiger partial charge in [0.25, 0.3) is 5.91 Å². The Morgan fingerprint density at radius 3 is 2.89 bits per heavy atom. The Balaban J connectivity index is 1.81. The highest BCUT2D eigenvalue weighted by molar-refractivity contribution is 7.13. The summed E-state index contributed by atoms with van der Waals surface area (Å²) in [6.07, 6.45) is 0.695. The zero-order valence-electron chi connectivity index (χ0n) is 10.1. The number of hydrogen-bond donors (Lipinski definition) is 2. The van der Waals surface area contributed by atoms with Crippen molar-refractivity contribution < 1.29 is 4.79 Å². The number of hydrogen-bond acceptors (Lipinski definition) is 7. The third kappa shape index (κ3) is 3.23. The lowest BCUT2D eigenvalue weighted by Crippen LogP contribution is -2.25. The van der Waals surface area contributed by atoms with Crippen LogP contribution in [0.1, 0.15) is 20.5 Å². The highest BCUT2D eigenvalue weighted by atomic mass is 32.1. The van der Waals surface area contributed by atoms with Gasteiger partial charge in [0, 0.05) is 25.4 Å². The molecule has 0 radical (unpaired) electrons. The molecule has 0 aliphatic rings. The van der Waals surface area contributed by atoms with Crippen molar-refractivity contribution in [3.8, 4) is 0 Å². The molecular weight excluding hydrogens is 270 g/mol. The number of rotatable bonds is 5. The van der Waals surface area contributed by atoms with Crippen LogP contribution < -0.4 is 10.6 Å². The SMILES string of the molecule is CNc1nc(C(=O)NCCc2nnc(C)s2)cs1. The fraction of sp³-hybridized carbons (Fsp3) is 0.400. The number of anilines is 1. The summed E-state index contributed by atoms with van der Waals surface area (Å²) in [4.78, 5) is 15.9. The standard InChI is InChI=1S/C10H13N5OS2/c1-6-14-15-8(18-6)3-4-12-9(16)7-5-17-10(11-2)13-7/h5H,3-4H2,1-2H3,(H,11,13)(H,12,16). The molecule has 0 atom stereocenters. The van der Waals surface area contributed by atoms with Crippen molar-refractivity contribution in [3.05, 3.63) is 21.1 Å². The predicted molar refractivity (Wildman–Crippen MR) is 72.3 cm³/mol. The third-order valence-electron chi connectivity index (χ3n) is 2.14. The van der Waals surface area contributed by atoms with Crippen molar-refractivity contribution in [1.29, 1.82) is 0 Å². The summed E-state index contributed by atoms with van der Waals surface area (Å²) >= 11 is 2.95. The van der Waals surface area contributed by atoms with E-state index >= 15 is 0 Å². The third-order valence-corrected chi connectivity index (χ3v) is 3.90. The van der Waals surface area contributed by atoms with Crippen molar-refractivity contribution in [2.45, 2.75) is 13.3 Å². The summed E-state index contributed by atoms with van der Waals surface area (Å²) in [5.74, 6) is -0.158. The van der Waals surface area contributed by atoms with Crippen LogP contribution in [0.5, 0.6) is 0 Å². The van der Waals surface area contributed by atoms with Crippen LogP contribution in [0.4, 0.5) is 5.13 Å². The molecule has 0 aliphatic heterocycles. The molecule has 0 spiro atoms. The van der Waals surface area contributed by atoms with E-state index in [1.165, 1.54) is 11.3 Å². The first-order valence-corrected chi connectivity index (χ1v) is 7.09. The van der Waals surface area contributed by atoms with E-state index in [4.69, 9.17) is 0 Å². The number of aryl methyl sites for hydroxylation is 1. The number of aromatic nitrogens is 3. The van der Waals surface area contributed by atoms with Crippen LogP contribution in [0.3, 0.4) is 0 Å². The van der Waals surface area contributed by atoms with E-state index < -0.39 is 0 Å². The van der Waals surface area contributed by atoms with Crippen molar-refractivity contribution in [1.82, 2.24) is 20.5 Å². The van der Waals surface area contributed by atoms with E-state index in [9.17, 15) is 4.79 Å². The number of thiazole rings is 1. The lowest BCUT2D eigenvalue weighted by atomic mass is 10.4. The van der Waals surface area contributed by atoms with Gasteiger partial charge in [0.15, 0.2) is 5.13 Å². The fourth-order valence-corrected chi connectivity index (χ4v) is 2.67. The van der Waals surface area contributed by atoms with Crippen LogP contribution >= 0.6 is 22.7 Å². The quantitative estimate of drug-likeness (QED) is 0.865. The van der Waals surface area contributed by atoms with Crippen LogP contribution in [0.25, 0.3) is 0 Å². The van der Waals surface area contributed by atoms with E-state index in [0.717, 1.165) is 15.1 Å². The second kappa shape index (κ2) is 5.87. The minimum absolute atomic E-state index is 0.158. The Morgan fingerprint density at radius 2 is 2.28 bits per heavy atom. The Morgan fingerprint density at radius 1 is 1.44 bits per heavy atom. The zero-order chi connectivity index (χ0) is 13.0. The van der Waals surface area contributed by atoms with Crippen LogP contribution in [0, 0.1) is 6.92 Å². The molecule has 0 saturated carbocycles. The van der Waals surface area contributed by atoms with Crippen LogP contribution in [0.2, 0.25) is 0 Å². The smallest absolute Gasteiger partial charge is 0.270 e. The van der Waals surface area contributed by atoms with Gasteiger partial charge < -0.3 is 10.6 Å². The monoisotopic (exact) mass is 283 g/mol. The highest BCUT2D eigenvalue weighted by Crippen LogP contribution is 2.14. The van der Waals surface area contributed by atoms with Crippen molar-refractivity contribution in [2.24, 2.45) is 0 Å². The van der Waals surface area contributed by atoms with Crippen LogP contribution in [0.15, 0.2) is 5.38 Å². The van der Waals surface area contributed by atoms with Gasteiger partial charge in [-0.1, -0.05) is 0 Å². The van der Waals surface area contributed by atoms with Gasteiger partial charge in [-0.3, -0.25) is 4.79 Å². The first kappa shape index (κ1) is 12.9. The van der Waals surface area contributed by atoms with Gasteiger partial charge in [-0.2, -0.15) is 0 Å². The van der Waals surface area contributed by atoms with Gasteiger partial charge in [-0.15, -0.1) is 32.9 Å². The maximum atomic E-state index is 11.7. The number of nitrogens with zero attached hydrogens (tertiary/aromatic N) is 3. The number of carbonyl (C=O) groups is 1. The zero-order valence-corrected chi connectivity index (χ0v) is 11.7. The summed E-state index contributed by atoms with van der Waals surface area (Å²) in [7, 11) is 1.78. The summed E-state index contributed by atoms with van der Waals surface area (Å²) in [6, 6.07) is 0. The topological polar surface area (TPSA) is 79.8 Å². The van der Waals surface area contributed by atoms with E-state index in [2.05, 4.69) is 25.8 Å². The second-order valence-corrected chi connectivity index (χ2v) is 5.63.